The van der Waals surface area contributed by atoms with Gasteiger partial charge in [-0.05, 0) is 13.0 Å². The second kappa shape index (κ2) is 5.93. The van der Waals surface area contributed by atoms with Crippen molar-refractivity contribution in [1.29, 1.82) is 0 Å². The number of amides is 1. The molecule has 7 heteroatoms. The minimum Gasteiger partial charge on any atom is -0.345 e. The molecule has 1 amide bonds. The van der Waals surface area contributed by atoms with Crippen molar-refractivity contribution in [3.63, 3.8) is 0 Å². The van der Waals surface area contributed by atoms with Gasteiger partial charge in [-0.15, -0.1) is 6.42 Å². The van der Waals surface area contributed by atoms with Gasteiger partial charge < -0.3 is 5.32 Å². The Morgan fingerprint density at radius 2 is 2.26 bits per heavy atom. The normalized spacial score (nSPS) is 12.6. The van der Waals surface area contributed by atoms with Crippen LogP contribution in [0.25, 0.3) is 0 Å². The topological polar surface area (TPSA) is 42.0 Å². The van der Waals surface area contributed by atoms with Crippen LogP contribution in [0, 0.1) is 12.3 Å². The van der Waals surface area contributed by atoms with Gasteiger partial charge in [-0.3, -0.25) is 9.78 Å². The van der Waals surface area contributed by atoms with Gasteiger partial charge in [-0.1, -0.05) is 17.5 Å². The number of pyridine rings is 1. The quantitative estimate of drug-likeness (QED) is 0.870. The summed E-state index contributed by atoms with van der Waals surface area (Å²) in [5.41, 5.74) is -0.887. The molecule has 0 spiro atoms. The summed E-state index contributed by atoms with van der Waals surface area (Å²) in [6.45, 7) is 1.51. The lowest BCUT2D eigenvalue weighted by molar-refractivity contribution is -0.137. The number of carbonyl (C=O) groups excluding carboxylic acids is 1. The highest BCUT2D eigenvalue weighted by Crippen LogP contribution is 2.32. The van der Waals surface area contributed by atoms with Crippen LogP contribution >= 0.6 is 11.6 Å². The van der Waals surface area contributed by atoms with Crippen LogP contribution in [0.2, 0.25) is 5.02 Å². The average molecular weight is 291 g/mol. The highest BCUT2D eigenvalue weighted by molar-refractivity contribution is 6.31. The van der Waals surface area contributed by atoms with Crippen LogP contribution in [-0.4, -0.2) is 17.4 Å². The molecule has 0 aliphatic heterocycles. The van der Waals surface area contributed by atoms with E-state index >= 15 is 0 Å². The van der Waals surface area contributed by atoms with E-state index in [1.165, 1.54) is 6.92 Å². The van der Waals surface area contributed by atoms with E-state index in [1.54, 1.807) is 0 Å². The van der Waals surface area contributed by atoms with Crippen LogP contribution < -0.4 is 5.32 Å². The fourth-order valence-electron chi connectivity index (χ4n) is 1.34. The number of hydrogen-bond donors (Lipinski definition) is 1. The third kappa shape index (κ3) is 3.86. The first-order valence-corrected chi connectivity index (χ1v) is 5.59. The van der Waals surface area contributed by atoms with Crippen molar-refractivity contribution < 1.29 is 18.0 Å². The van der Waals surface area contributed by atoms with Gasteiger partial charge in [0, 0.05) is 6.20 Å². The second-order valence-electron chi connectivity index (χ2n) is 3.73. The minimum absolute atomic E-state index is 0.0292. The zero-order valence-corrected chi connectivity index (χ0v) is 10.6. The van der Waals surface area contributed by atoms with E-state index in [0.29, 0.717) is 6.20 Å². The number of nitrogens with zero attached hydrogens (tertiary/aromatic N) is 1. The van der Waals surface area contributed by atoms with Gasteiger partial charge in [0.05, 0.1) is 28.7 Å². The van der Waals surface area contributed by atoms with E-state index in [-0.39, 0.29) is 17.3 Å². The number of alkyl halides is 3. The smallest absolute Gasteiger partial charge is 0.345 e. The van der Waals surface area contributed by atoms with Gasteiger partial charge in [0.25, 0.3) is 0 Å². The Morgan fingerprint density at radius 3 is 2.74 bits per heavy atom. The second-order valence-corrected chi connectivity index (χ2v) is 4.14. The largest absolute Gasteiger partial charge is 0.417 e. The van der Waals surface area contributed by atoms with Crippen LogP contribution in [-0.2, 0) is 11.0 Å². The third-order valence-corrected chi connectivity index (χ3v) is 2.67. The summed E-state index contributed by atoms with van der Waals surface area (Å²) >= 11 is 5.73. The molecular formula is C12H10ClF3N2O. The highest BCUT2D eigenvalue weighted by atomic mass is 35.5. The van der Waals surface area contributed by atoms with Crippen LogP contribution in [0.15, 0.2) is 12.3 Å². The maximum Gasteiger partial charge on any atom is 0.417 e. The molecule has 0 unspecified atom stereocenters. The van der Waals surface area contributed by atoms with E-state index < -0.39 is 23.6 Å². The fraction of sp³-hybridized carbons (Fsp3) is 0.333. The molecule has 1 rings (SSSR count). The van der Waals surface area contributed by atoms with Crippen LogP contribution in [0.3, 0.4) is 0 Å². The maximum atomic E-state index is 12.4. The van der Waals surface area contributed by atoms with Gasteiger partial charge in [-0.25, -0.2) is 0 Å². The molecule has 0 aliphatic carbocycles. The van der Waals surface area contributed by atoms with Crippen molar-refractivity contribution >= 4 is 17.5 Å². The van der Waals surface area contributed by atoms with Crippen LogP contribution in [0.4, 0.5) is 13.2 Å². The van der Waals surface area contributed by atoms with E-state index in [2.05, 4.69) is 16.2 Å². The molecule has 0 radical (unpaired) electrons. The summed E-state index contributed by atoms with van der Waals surface area (Å²) in [5, 5.41) is 2.20. The molecule has 0 aliphatic rings. The predicted molar refractivity (Wildman–Crippen MR) is 64.5 cm³/mol. The number of hydrogen-bond acceptors (Lipinski definition) is 2. The Hall–Kier alpha value is -1.74. The van der Waals surface area contributed by atoms with Crippen LogP contribution in [0.5, 0.6) is 0 Å². The number of halogens is 4. The van der Waals surface area contributed by atoms with Crippen molar-refractivity contribution in [3.05, 3.63) is 28.5 Å². The van der Waals surface area contributed by atoms with Crippen molar-refractivity contribution in [2.45, 2.75) is 19.0 Å². The third-order valence-electron chi connectivity index (χ3n) is 2.37. The molecular weight excluding hydrogens is 281 g/mol. The summed E-state index contributed by atoms with van der Waals surface area (Å²) in [7, 11) is 0. The summed E-state index contributed by atoms with van der Waals surface area (Å²) in [6.07, 6.45) is 1.10. The Bertz CT molecular complexity index is 523. The van der Waals surface area contributed by atoms with E-state index in [1.807, 2.05) is 0 Å². The first kappa shape index (κ1) is 15.3. The van der Waals surface area contributed by atoms with Crippen molar-refractivity contribution in [2.75, 3.05) is 6.54 Å². The molecule has 0 saturated carbocycles. The summed E-state index contributed by atoms with van der Waals surface area (Å²) in [4.78, 5) is 15.2. The van der Waals surface area contributed by atoms with Crippen molar-refractivity contribution in [3.8, 4) is 12.3 Å². The molecule has 1 atom stereocenters. The molecule has 1 heterocycles. The fourth-order valence-corrected chi connectivity index (χ4v) is 1.67. The molecule has 19 heavy (non-hydrogen) atoms. The van der Waals surface area contributed by atoms with Crippen molar-refractivity contribution in [1.82, 2.24) is 10.3 Å². The number of aromatic nitrogens is 1. The molecule has 102 valence electrons. The molecule has 0 saturated heterocycles. The zero-order valence-electron chi connectivity index (χ0n) is 9.88. The van der Waals surface area contributed by atoms with E-state index in [9.17, 15) is 18.0 Å². The minimum atomic E-state index is -4.52. The summed E-state index contributed by atoms with van der Waals surface area (Å²) in [5.74, 6) is 0.974. The first-order chi connectivity index (χ1) is 8.77. The summed E-state index contributed by atoms with van der Waals surface area (Å²) in [6, 6.07) is 0.745. The first-order valence-electron chi connectivity index (χ1n) is 5.21. The SMILES string of the molecule is C#CCNC(=O)[C@H](C)c1ncc(C(F)(F)F)cc1Cl. The predicted octanol–water partition coefficient (Wildman–Crippen LogP) is 2.61. The lowest BCUT2D eigenvalue weighted by Crippen LogP contribution is -2.28. The molecule has 3 nitrogen and oxygen atoms in total. The monoisotopic (exact) mass is 290 g/mol. The molecule has 1 aromatic rings. The molecule has 0 fully saturated rings. The Balaban J connectivity index is 2.97. The Labute approximate surface area is 113 Å². The highest BCUT2D eigenvalue weighted by Gasteiger charge is 2.32. The lowest BCUT2D eigenvalue weighted by atomic mass is 10.1. The summed E-state index contributed by atoms with van der Waals surface area (Å²) < 4.78 is 37.3. The molecule has 0 aromatic carbocycles. The van der Waals surface area contributed by atoms with Gasteiger partial charge in [0.15, 0.2) is 0 Å². The van der Waals surface area contributed by atoms with Crippen molar-refractivity contribution in [2.24, 2.45) is 0 Å². The molecule has 1 aromatic heterocycles. The Morgan fingerprint density at radius 1 is 1.63 bits per heavy atom. The Kier molecular flexibility index (Phi) is 4.78. The zero-order chi connectivity index (χ0) is 14.6. The van der Waals surface area contributed by atoms with E-state index in [4.69, 9.17) is 18.0 Å². The number of carbonyl (C=O) groups is 1. The number of terminal acetylenes is 1. The standard InChI is InChI=1S/C12H10ClF3N2O/c1-3-4-17-11(19)7(2)10-9(13)5-8(6-18-10)12(14,15)16/h1,5-7H,4H2,2H3,(H,17,19)/t7-/m1/s1. The maximum absolute atomic E-state index is 12.4. The molecule has 0 bridgehead atoms. The van der Waals surface area contributed by atoms with E-state index in [0.717, 1.165) is 6.07 Å². The lowest BCUT2D eigenvalue weighted by Gasteiger charge is -2.13. The van der Waals surface area contributed by atoms with Crippen LogP contribution in [0.1, 0.15) is 24.1 Å². The number of rotatable bonds is 3. The van der Waals surface area contributed by atoms with Gasteiger partial charge in [0.1, 0.15) is 0 Å². The van der Waals surface area contributed by atoms with Gasteiger partial charge >= 0.3 is 6.18 Å². The average Bonchev–Trinajstić information content (AvgIpc) is 2.33. The van der Waals surface area contributed by atoms with Gasteiger partial charge in [-0.2, -0.15) is 13.2 Å². The molecule has 1 N–H and O–H groups in total. The van der Waals surface area contributed by atoms with Gasteiger partial charge in [0.2, 0.25) is 5.91 Å². The number of nitrogens with one attached hydrogen (secondary N) is 1.